The lowest BCUT2D eigenvalue weighted by Crippen LogP contribution is -2.36. The topological polar surface area (TPSA) is 76.9 Å². The molecule has 7 heteroatoms. The number of aromatic nitrogens is 3. The largest absolute Gasteiger partial charge is 0.328 e. The maximum atomic E-state index is 13.2. The van der Waals surface area contributed by atoms with E-state index in [9.17, 15) is 9.59 Å². The van der Waals surface area contributed by atoms with E-state index in [1.54, 1.807) is 4.68 Å². The van der Waals surface area contributed by atoms with Crippen LogP contribution >= 0.6 is 11.8 Å². The summed E-state index contributed by atoms with van der Waals surface area (Å²) in [5.74, 6) is 1.04. The fraction of sp³-hybridized carbons (Fsp3) is 0.280. The molecule has 0 saturated carbocycles. The Balaban J connectivity index is 1.48. The maximum Gasteiger partial charge on any atom is 0.227 e. The Bertz CT molecular complexity index is 1220. The summed E-state index contributed by atoms with van der Waals surface area (Å²) in [6.07, 6.45) is 1.29. The molecule has 0 saturated heterocycles. The average molecular weight is 445 g/mol. The summed E-state index contributed by atoms with van der Waals surface area (Å²) in [5.41, 5.74) is 3.26. The molecule has 5 rings (SSSR count). The van der Waals surface area contributed by atoms with E-state index in [-0.39, 0.29) is 28.8 Å². The third kappa shape index (κ3) is 3.88. The van der Waals surface area contributed by atoms with Crippen molar-refractivity contribution in [3.05, 3.63) is 83.1 Å². The Morgan fingerprint density at radius 1 is 1.09 bits per heavy atom. The highest BCUT2D eigenvalue weighted by molar-refractivity contribution is 7.99. The number of nitrogens with zero attached hydrogens (tertiary/aromatic N) is 3. The van der Waals surface area contributed by atoms with Crippen molar-refractivity contribution in [3.8, 4) is 0 Å². The van der Waals surface area contributed by atoms with E-state index in [0.29, 0.717) is 23.1 Å². The number of fused-ring (bicyclic) bond motifs is 1. The van der Waals surface area contributed by atoms with Crippen molar-refractivity contribution in [2.45, 2.75) is 37.9 Å². The highest BCUT2D eigenvalue weighted by Crippen LogP contribution is 2.45. The van der Waals surface area contributed by atoms with Crippen LogP contribution in [-0.4, -0.2) is 32.1 Å². The third-order valence-electron chi connectivity index (χ3n) is 5.86. The highest BCUT2D eigenvalue weighted by atomic mass is 32.2. The molecule has 0 amide bonds. The molecule has 0 bridgehead atoms. The van der Waals surface area contributed by atoms with Crippen LogP contribution < -0.4 is 5.32 Å². The smallest absolute Gasteiger partial charge is 0.227 e. The second-order valence-corrected chi connectivity index (χ2v) is 9.95. The minimum absolute atomic E-state index is 0.0327. The van der Waals surface area contributed by atoms with E-state index in [0.717, 1.165) is 23.3 Å². The zero-order valence-corrected chi connectivity index (χ0v) is 18.9. The second kappa shape index (κ2) is 8.06. The Kier molecular flexibility index (Phi) is 5.21. The number of carbonyl (C=O) groups is 2. The van der Waals surface area contributed by atoms with Gasteiger partial charge in [-0.3, -0.25) is 9.59 Å². The van der Waals surface area contributed by atoms with Gasteiger partial charge in [-0.2, -0.15) is 4.98 Å². The van der Waals surface area contributed by atoms with E-state index in [4.69, 9.17) is 5.10 Å². The van der Waals surface area contributed by atoms with E-state index in [1.807, 2.05) is 60.7 Å². The number of anilines is 1. The van der Waals surface area contributed by atoms with Gasteiger partial charge >= 0.3 is 0 Å². The van der Waals surface area contributed by atoms with Gasteiger partial charge in [0.15, 0.2) is 11.6 Å². The number of thioether (sulfide) groups is 1. The van der Waals surface area contributed by atoms with Gasteiger partial charge < -0.3 is 5.32 Å². The van der Waals surface area contributed by atoms with Gasteiger partial charge in [-0.05, 0) is 17.4 Å². The molecule has 1 aromatic heterocycles. The van der Waals surface area contributed by atoms with Crippen molar-refractivity contribution in [2.24, 2.45) is 5.41 Å². The van der Waals surface area contributed by atoms with Crippen LogP contribution in [0.4, 0.5) is 5.95 Å². The predicted octanol–water partition coefficient (Wildman–Crippen LogP) is 4.91. The molecule has 1 atom stereocenters. The number of benzene rings is 2. The lowest BCUT2D eigenvalue weighted by molar-refractivity contribution is -0.118. The number of carbonyl (C=O) groups excluding carboxylic acids is 2. The summed E-state index contributed by atoms with van der Waals surface area (Å²) in [6.45, 7) is 4.23. The maximum absolute atomic E-state index is 13.2. The lowest BCUT2D eigenvalue weighted by Gasteiger charge is -2.38. The molecule has 0 spiro atoms. The first-order valence-corrected chi connectivity index (χ1v) is 11.7. The number of allylic oxidation sites excluding steroid dienone is 2. The van der Waals surface area contributed by atoms with Crippen LogP contribution in [0.25, 0.3) is 0 Å². The zero-order valence-electron chi connectivity index (χ0n) is 18.0. The summed E-state index contributed by atoms with van der Waals surface area (Å²) >= 11 is 1.31. The number of nitrogens with one attached hydrogen (secondary N) is 1. The van der Waals surface area contributed by atoms with Crippen molar-refractivity contribution in [2.75, 3.05) is 11.1 Å². The highest BCUT2D eigenvalue weighted by Gasteiger charge is 2.41. The summed E-state index contributed by atoms with van der Waals surface area (Å²) in [4.78, 5) is 30.4. The summed E-state index contributed by atoms with van der Waals surface area (Å²) in [5, 5.41) is 8.60. The Labute approximate surface area is 191 Å². The standard InChI is InChI=1S/C25H24N4O2S/c1-25(2)13-18-21(19(30)14-25)22(17-11-7-4-8-12-17)29-23(26-18)27-24(28-29)32-15-20(31)16-9-5-3-6-10-16/h3-12,22H,13-15H2,1-2H3,(H,26,27,28)/t22-/m1/s1. The molecule has 1 N–H and O–H groups in total. The molecule has 3 aromatic rings. The monoisotopic (exact) mass is 444 g/mol. The van der Waals surface area contributed by atoms with E-state index >= 15 is 0 Å². The van der Waals surface area contributed by atoms with Crippen LogP contribution in [0, 0.1) is 5.41 Å². The molecule has 162 valence electrons. The van der Waals surface area contributed by atoms with Crippen molar-refractivity contribution in [3.63, 3.8) is 0 Å². The van der Waals surface area contributed by atoms with Crippen LogP contribution in [0.1, 0.15) is 48.7 Å². The van der Waals surface area contributed by atoms with Gasteiger partial charge in [-0.1, -0.05) is 86.3 Å². The normalized spacial score (nSPS) is 19.2. The van der Waals surface area contributed by atoms with E-state index in [1.165, 1.54) is 11.8 Å². The molecule has 1 aliphatic carbocycles. The van der Waals surface area contributed by atoms with Crippen LogP contribution in [0.15, 0.2) is 77.1 Å². The first-order valence-electron chi connectivity index (χ1n) is 10.7. The fourth-order valence-corrected chi connectivity index (χ4v) is 5.16. The molecule has 0 radical (unpaired) electrons. The molecule has 0 fully saturated rings. The number of rotatable bonds is 5. The molecular formula is C25H24N4O2S. The molecule has 2 aromatic carbocycles. The number of Topliss-reactive ketones (excluding diaryl/α,β-unsaturated/α-hetero) is 2. The number of hydrogen-bond acceptors (Lipinski definition) is 6. The van der Waals surface area contributed by atoms with Gasteiger partial charge in [0.05, 0.1) is 5.75 Å². The predicted molar refractivity (Wildman–Crippen MR) is 125 cm³/mol. The van der Waals surface area contributed by atoms with Gasteiger partial charge in [-0.15, -0.1) is 5.10 Å². The van der Waals surface area contributed by atoms with E-state index < -0.39 is 0 Å². The molecule has 1 aliphatic heterocycles. The van der Waals surface area contributed by atoms with Crippen molar-refractivity contribution >= 4 is 29.3 Å². The van der Waals surface area contributed by atoms with Crippen molar-refractivity contribution in [1.82, 2.24) is 14.8 Å². The first-order chi connectivity index (χ1) is 15.4. The first kappa shape index (κ1) is 20.7. The van der Waals surface area contributed by atoms with Gasteiger partial charge in [0.25, 0.3) is 0 Å². The van der Waals surface area contributed by atoms with Gasteiger partial charge in [0.1, 0.15) is 6.04 Å². The number of hydrogen-bond donors (Lipinski definition) is 1. The average Bonchev–Trinajstić information content (AvgIpc) is 3.19. The Morgan fingerprint density at radius 2 is 1.78 bits per heavy atom. The fourth-order valence-electron chi connectivity index (χ4n) is 4.43. The van der Waals surface area contributed by atoms with Crippen molar-refractivity contribution < 1.29 is 9.59 Å². The van der Waals surface area contributed by atoms with Gasteiger partial charge in [-0.25, -0.2) is 4.68 Å². The molecule has 0 unspecified atom stereocenters. The van der Waals surface area contributed by atoms with Gasteiger partial charge in [0.2, 0.25) is 11.1 Å². The number of ketones is 2. The Morgan fingerprint density at radius 3 is 2.50 bits per heavy atom. The van der Waals surface area contributed by atoms with Crippen LogP contribution in [0.5, 0.6) is 0 Å². The minimum Gasteiger partial charge on any atom is -0.328 e. The SMILES string of the molecule is CC1(C)CC(=O)C2=C(C1)Nc1nc(SCC(=O)c3ccccc3)nn1[C@@H]2c1ccccc1. The van der Waals surface area contributed by atoms with E-state index in [2.05, 4.69) is 24.1 Å². The molecule has 2 aliphatic rings. The zero-order chi connectivity index (χ0) is 22.3. The quantitative estimate of drug-likeness (QED) is 0.445. The summed E-state index contributed by atoms with van der Waals surface area (Å²) < 4.78 is 1.79. The minimum atomic E-state index is -0.322. The van der Waals surface area contributed by atoms with Crippen LogP contribution in [0.2, 0.25) is 0 Å². The van der Waals surface area contributed by atoms with Crippen LogP contribution in [-0.2, 0) is 4.79 Å². The van der Waals surface area contributed by atoms with Crippen molar-refractivity contribution in [1.29, 1.82) is 0 Å². The second-order valence-electron chi connectivity index (χ2n) is 9.01. The van der Waals surface area contributed by atoms with Gasteiger partial charge in [0, 0.05) is 23.3 Å². The molecular weight excluding hydrogens is 420 g/mol. The summed E-state index contributed by atoms with van der Waals surface area (Å²) in [7, 11) is 0. The summed E-state index contributed by atoms with van der Waals surface area (Å²) in [6, 6.07) is 18.8. The Hall–Kier alpha value is -3.19. The third-order valence-corrected chi connectivity index (χ3v) is 6.69. The molecule has 6 nitrogen and oxygen atoms in total. The van der Waals surface area contributed by atoms with Crippen LogP contribution in [0.3, 0.4) is 0 Å². The lowest BCUT2D eigenvalue weighted by atomic mass is 9.73. The molecule has 2 heterocycles. The molecule has 32 heavy (non-hydrogen) atoms.